The van der Waals surface area contributed by atoms with Crippen LogP contribution < -0.4 is 5.32 Å². The summed E-state index contributed by atoms with van der Waals surface area (Å²) in [5.74, 6) is -1.02. The van der Waals surface area contributed by atoms with Crippen LogP contribution in [0.1, 0.15) is 35.2 Å². The van der Waals surface area contributed by atoms with Crippen molar-refractivity contribution in [3.05, 3.63) is 32.8 Å². The van der Waals surface area contributed by atoms with Crippen LogP contribution in [-0.4, -0.2) is 23.5 Å². The van der Waals surface area contributed by atoms with Crippen molar-refractivity contribution >= 4 is 39.4 Å². The number of benzene rings is 1. The maximum Gasteiger partial charge on any atom is 0.303 e. The van der Waals surface area contributed by atoms with Gasteiger partial charge in [0, 0.05) is 23.0 Å². The minimum Gasteiger partial charge on any atom is -0.481 e. The lowest BCUT2D eigenvalue weighted by molar-refractivity contribution is -0.137. The maximum atomic E-state index is 11.9. The molecule has 0 aliphatic heterocycles. The van der Waals surface area contributed by atoms with Crippen molar-refractivity contribution in [2.24, 2.45) is 0 Å². The number of carboxylic acids is 1. The summed E-state index contributed by atoms with van der Waals surface area (Å²) in [6.45, 7) is 2.32. The Morgan fingerprint density at radius 2 is 2.05 bits per heavy atom. The standard InChI is InChI=1S/C13H15BrClNO3/c1-8-6-9(7-10(15)12(8)14)13(19)16-5-3-2-4-11(17)18/h6-7H,2-5H2,1H3,(H,16,19)(H,17,18). The van der Waals surface area contributed by atoms with E-state index >= 15 is 0 Å². The van der Waals surface area contributed by atoms with E-state index in [0.29, 0.717) is 30.0 Å². The molecule has 0 spiro atoms. The molecule has 0 aliphatic rings. The quantitative estimate of drug-likeness (QED) is 0.774. The molecule has 0 unspecified atom stereocenters. The van der Waals surface area contributed by atoms with Gasteiger partial charge in [-0.1, -0.05) is 11.6 Å². The highest BCUT2D eigenvalue weighted by Crippen LogP contribution is 2.27. The Bertz CT molecular complexity index is 468. The molecule has 0 aromatic heterocycles. The lowest BCUT2D eigenvalue weighted by atomic mass is 10.1. The molecule has 1 aromatic carbocycles. The Kier molecular flexibility index (Phi) is 6.31. The number of hydrogen-bond donors (Lipinski definition) is 2. The third kappa shape index (κ3) is 5.20. The molecule has 0 fully saturated rings. The van der Waals surface area contributed by atoms with Crippen LogP contribution in [0.2, 0.25) is 5.02 Å². The number of aliphatic carboxylic acids is 1. The number of hydrogen-bond acceptors (Lipinski definition) is 2. The van der Waals surface area contributed by atoms with E-state index in [9.17, 15) is 9.59 Å². The van der Waals surface area contributed by atoms with Gasteiger partial charge in [0.2, 0.25) is 0 Å². The second-order valence-corrected chi connectivity index (χ2v) is 5.40. The van der Waals surface area contributed by atoms with Crippen LogP contribution in [0.25, 0.3) is 0 Å². The fraction of sp³-hybridized carbons (Fsp3) is 0.385. The van der Waals surface area contributed by atoms with Gasteiger partial charge >= 0.3 is 5.97 Å². The van der Waals surface area contributed by atoms with Gasteiger partial charge in [0.15, 0.2) is 0 Å². The summed E-state index contributed by atoms with van der Waals surface area (Å²) in [5.41, 5.74) is 1.40. The van der Waals surface area contributed by atoms with Crippen LogP contribution in [0.3, 0.4) is 0 Å². The molecule has 1 rings (SSSR count). The fourth-order valence-electron chi connectivity index (χ4n) is 1.56. The summed E-state index contributed by atoms with van der Waals surface area (Å²) in [5, 5.41) is 11.7. The number of unbranched alkanes of at least 4 members (excludes halogenated alkanes) is 1. The Morgan fingerprint density at radius 1 is 1.37 bits per heavy atom. The molecule has 4 nitrogen and oxygen atoms in total. The van der Waals surface area contributed by atoms with Gasteiger partial charge in [-0.3, -0.25) is 9.59 Å². The molecular formula is C13H15BrClNO3. The van der Waals surface area contributed by atoms with Gasteiger partial charge < -0.3 is 10.4 Å². The Balaban J connectivity index is 2.48. The molecule has 0 saturated carbocycles. The van der Waals surface area contributed by atoms with Gasteiger partial charge in [-0.2, -0.15) is 0 Å². The zero-order valence-corrected chi connectivity index (χ0v) is 12.8. The Hall–Kier alpha value is -1.07. The second kappa shape index (κ2) is 7.50. The van der Waals surface area contributed by atoms with Crippen molar-refractivity contribution in [2.45, 2.75) is 26.2 Å². The number of halogens is 2. The highest BCUT2D eigenvalue weighted by molar-refractivity contribution is 9.10. The number of carbonyl (C=O) groups is 2. The molecule has 1 amide bonds. The first-order valence-electron chi connectivity index (χ1n) is 5.87. The third-order valence-corrected chi connectivity index (χ3v) is 4.15. The summed E-state index contributed by atoms with van der Waals surface area (Å²) >= 11 is 9.32. The van der Waals surface area contributed by atoms with E-state index < -0.39 is 5.97 Å². The van der Waals surface area contributed by atoms with E-state index in [1.165, 1.54) is 0 Å². The highest BCUT2D eigenvalue weighted by Gasteiger charge is 2.10. The van der Waals surface area contributed by atoms with Crippen LogP contribution in [-0.2, 0) is 4.79 Å². The summed E-state index contributed by atoms with van der Waals surface area (Å²) in [4.78, 5) is 22.2. The molecule has 0 radical (unpaired) electrons. The molecule has 1 aromatic rings. The van der Waals surface area contributed by atoms with E-state index in [4.69, 9.17) is 16.7 Å². The zero-order chi connectivity index (χ0) is 14.4. The summed E-state index contributed by atoms with van der Waals surface area (Å²) in [7, 11) is 0. The zero-order valence-electron chi connectivity index (χ0n) is 10.5. The average molecular weight is 349 g/mol. The van der Waals surface area contributed by atoms with Gasteiger partial charge in [0.25, 0.3) is 5.91 Å². The van der Waals surface area contributed by atoms with Gasteiger partial charge in [-0.25, -0.2) is 0 Å². The van der Waals surface area contributed by atoms with Crippen molar-refractivity contribution in [2.75, 3.05) is 6.54 Å². The van der Waals surface area contributed by atoms with Crippen LogP contribution in [0.5, 0.6) is 0 Å². The van der Waals surface area contributed by atoms with Crippen LogP contribution >= 0.6 is 27.5 Å². The number of carbonyl (C=O) groups excluding carboxylic acids is 1. The highest BCUT2D eigenvalue weighted by atomic mass is 79.9. The summed E-state index contributed by atoms with van der Waals surface area (Å²) < 4.78 is 0.784. The number of aryl methyl sites for hydroxylation is 1. The Labute approximate surface area is 125 Å². The molecular weight excluding hydrogens is 334 g/mol. The van der Waals surface area contributed by atoms with Crippen molar-refractivity contribution in [3.63, 3.8) is 0 Å². The average Bonchev–Trinajstić information content (AvgIpc) is 2.34. The molecule has 0 bridgehead atoms. The number of nitrogens with one attached hydrogen (secondary N) is 1. The molecule has 19 heavy (non-hydrogen) atoms. The first kappa shape index (κ1) is 16.0. The molecule has 2 N–H and O–H groups in total. The van der Waals surface area contributed by atoms with Gasteiger partial charge in [-0.05, 0) is 53.4 Å². The number of amides is 1. The lowest BCUT2D eigenvalue weighted by Crippen LogP contribution is -2.24. The largest absolute Gasteiger partial charge is 0.481 e. The smallest absolute Gasteiger partial charge is 0.303 e. The minimum absolute atomic E-state index is 0.124. The summed E-state index contributed by atoms with van der Waals surface area (Å²) in [6.07, 6.45) is 1.32. The van der Waals surface area contributed by atoms with Gasteiger partial charge in [0.1, 0.15) is 0 Å². The van der Waals surface area contributed by atoms with Crippen molar-refractivity contribution in [3.8, 4) is 0 Å². The van der Waals surface area contributed by atoms with E-state index in [1.807, 2.05) is 6.92 Å². The SMILES string of the molecule is Cc1cc(C(=O)NCCCCC(=O)O)cc(Cl)c1Br. The molecule has 0 aliphatic carbocycles. The third-order valence-electron chi connectivity index (χ3n) is 2.58. The van der Waals surface area contributed by atoms with Crippen molar-refractivity contribution in [1.82, 2.24) is 5.32 Å². The topological polar surface area (TPSA) is 66.4 Å². The van der Waals surface area contributed by atoms with Crippen LogP contribution in [0, 0.1) is 6.92 Å². The molecule has 0 heterocycles. The van der Waals surface area contributed by atoms with Crippen LogP contribution in [0.15, 0.2) is 16.6 Å². The molecule has 6 heteroatoms. The number of carboxylic acid groups (broad SMARTS) is 1. The monoisotopic (exact) mass is 347 g/mol. The predicted octanol–water partition coefficient (Wildman–Crippen LogP) is 3.40. The maximum absolute atomic E-state index is 11.9. The Morgan fingerprint density at radius 3 is 2.63 bits per heavy atom. The van der Waals surface area contributed by atoms with E-state index in [0.717, 1.165) is 10.0 Å². The normalized spacial score (nSPS) is 10.3. The number of rotatable bonds is 6. The van der Waals surface area contributed by atoms with Gasteiger partial charge in [-0.15, -0.1) is 0 Å². The van der Waals surface area contributed by atoms with Crippen molar-refractivity contribution < 1.29 is 14.7 Å². The van der Waals surface area contributed by atoms with E-state index in [-0.39, 0.29) is 12.3 Å². The first-order chi connectivity index (χ1) is 8.91. The molecule has 0 atom stereocenters. The van der Waals surface area contributed by atoms with Crippen molar-refractivity contribution in [1.29, 1.82) is 0 Å². The first-order valence-corrected chi connectivity index (χ1v) is 7.04. The molecule has 104 valence electrons. The van der Waals surface area contributed by atoms with E-state index in [2.05, 4.69) is 21.2 Å². The summed E-state index contributed by atoms with van der Waals surface area (Å²) in [6, 6.07) is 3.35. The fourth-order valence-corrected chi connectivity index (χ4v) is 2.06. The second-order valence-electron chi connectivity index (χ2n) is 4.20. The van der Waals surface area contributed by atoms with Crippen LogP contribution in [0.4, 0.5) is 0 Å². The van der Waals surface area contributed by atoms with Gasteiger partial charge in [0.05, 0.1) is 5.02 Å². The predicted molar refractivity (Wildman–Crippen MR) is 77.7 cm³/mol. The molecule has 0 saturated heterocycles. The minimum atomic E-state index is -0.818. The van der Waals surface area contributed by atoms with E-state index in [1.54, 1.807) is 12.1 Å². The lowest BCUT2D eigenvalue weighted by Gasteiger charge is -2.08.